The summed E-state index contributed by atoms with van der Waals surface area (Å²) in [6.07, 6.45) is 5.46. The number of likely N-dealkylation sites (tertiary alicyclic amines) is 1. The molecule has 106 valence electrons. The second kappa shape index (κ2) is 6.36. The van der Waals surface area contributed by atoms with Crippen molar-refractivity contribution in [1.82, 2.24) is 15.1 Å². The zero-order valence-electron chi connectivity index (χ0n) is 12.5. The van der Waals surface area contributed by atoms with Crippen LogP contribution >= 0.6 is 0 Å². The van der Waals surface area contributed by atoms with Crippen molar-refractivity contribution in [2.24, 2.45) is 5.92 Å². The lowest BCUT2D eigenvalue weighted by molar-refractivity contribution is 0.123. The van der Waals surface area contributed by atoms with Crippen LogP contribution in [0.15, 0.2) is 0 Å². The van der Waals surface area contributed by atoms with Crippen LogP contribution in [0.25, 0.3) is 0 Å². The number of nitrogens with zero attached hydrogens (tertiary/aromatic N) is 2. The first-order valence-electron chi connectivity index (χ1n) is 7.77. The van der Waals surface area contributed by atoms with E-state index >= 15 is 0 Å². The topological polar surface area (TPSA) is 18.5 Å². The molecule has 2 rings (SSSR count). The first kappa shape index (κ1) is 14.3. The van der Waals surface area contributed by atoms with Gasteiger partial charge >= 0.3 is 0 Å². The first-order valence-corrected chi connectivity index (χ1v) is 7.77. The van der Waals surface area contributed by atoms with Gasteiger partial charge in [0.15, 0.2) is 0 Å². The second-order valence-corrected chi connectivity index (χ2v) is 6.65. The Labute approximate surface area is 113 Å². The molecule has 1 atom stereocenters. The summed E-state index contributed by atoms with van der Waals surface area (Å²) in [5.41, 5.74) is 0.352. The molecule has 0 aromatic heterocycles. The fourth-order valence-electron chi connectivity index (χ4n) is 3.29. The SMILES string of the molecule is CCC1(C)CN(CCC2CCN(C)CC2)CCN1. The molecule has 0 amide bonds. The van der Waals surface area contributed by atoms with Crippen LogP contribution in [0.1, 0.15) is 39.5 Å². The van der Waals surface area contributed by atoms with E-state index in [2.05, 4.69) is 36.0 Å². The number of hydrogen-bond donors (Lipinski definition) is 1. The molecule has 2 fully saturated rings. The molecular formula is C15H31N3. The van der Waals surface area contributed by atoms with Crippen LogP contribution in [0.4, 0.5) is 0 Å². The highest BCUT2D eigenvalue weighted by Gasteiger charge is 2.28. The molecule has 0 saturated carbocycles. The maximum atomic E-state index is 3.67. The fraction of sp³-hybridized carbons (Fsp3) is 1.00. The van der Waals surface area contributed by atoms with Gasteiger partial charge in [0.25, 0.3) is 0 Å². The molecule has 1 N–H and O–H groups in total. The highest BCUT2D eigenvalue weighted by Crippen LogP contribution is 2.21. The highest BCUT2D eigenvalue weighted by molar-refractivity contribution is 4.89. The zero-order chi connectivity index (χ0) is 13.0. The van der Waals surface area contributed by atoms with E-state index < -0.39 is 0 Å². The molecule has 0 aliphatic carbocycles. The Balaban J connectivity index is 1.70. The minimum Gasteiger partial charge on any atom is -0.309 e. The number of piperidine rings is 1. The van der Waals surface area contributed by atoms with Gasteiger partial charge in [-0.1, -0.05) is 6.92 Å². The van der Waals surface area contributed by atoms with Gasteiger partial charge in [0.1, 0.15) is 0 Å². The molecule has 18 heavy (non-hydrogen) atoms. The van der Waals surface area contributed by atoms with Crippen molar-refractivity contribution in [1.29, 1.82) is 0 Å². The van der Waals surface area contributed by atoms with Gasteiger partial charge in [-0.3, -0.25) is 0 Å². The van der Waals surface area contributed by atoms with Crippen molar-refractivity contribution < 1.29 is 0 Å². The van der Waals surface area contributed by atoms with Crippen LogP contribution in [-0.2, 0) is 0 Å². The molecule has 0 aromatic rings. The third-order valence-electron chi connectivity index (χ3n) is 5.02. The quantitative estimate of drug-likeness (QED) is 0.824. The van der Waals surface area contributed by atoms with E-state index in [4.69, 9.17) is 0 Å². The lowest BCUT2D eigenvalue weighted by atomic mass is 9.92. The summed E-state index contributed by atoms with van der Waals surface area (Å²) < 4.78 is 0. The minimum atomic E-state index is 0.352. The lowest BCUT2D eigenvalue weighted by Gasteiger charge is -2.41. The molecular weight excluding hydrogens is 222 g/mol. The predicted octanol–water partition coefficient (Wildman–Crippen LogP) is 1.79. The van der Waals surface area contributed by atoms with E-state index in [0.29, 0.717) is 5.54 Å². The zero-order valence-corrected chi connectivity index (χ0v) is 12.5. The van der Waals surface area contributed by atoms with Crippen molar-refractivity contribution in [2.75, 3.05) is 46.3 Å². The molecule has 3 nitrogen and oxygen atoms in total. The molecule has 2 aliphatic heterocycles. The van der Waals surface area contributed by atoms with Gasteiger partial charge in [-0.25, -0.2) is 0 Å². The van der Waals surface area contributed by atoms with Gasteiger partial charge in [0.05, 0.1) is 0 Å². The molecule has 3 heteroatoms. The monoisotopic (exact) mass is 253 g/mol. The van der Waals surface area contributed by atoms with Crippen LogP contribution in [0.3, 0.4) is 0 Å². The Morgan fingerprint density at radius 1 is 1.22 bits per heavy atom. The Bertz CT molecular complexity index is 248. The van der Waals surface area contributed by atoms with E-state index in [-0.39, 0.29) is 0 Å². The van der Waals surface area contributed by atoms with Crippen molar-refractivity contribution in [3.63, 3.8) is 0 Å². The summed E-state index contributed by atoms with van der Waals surface area (Å²) >= 11 is 0. The molecule has 0 radical (unpaired) electrons. The average Bonchev–Trinajstić information content (AvgIpc) is 2.38. The largest absolute Gasteiger partial charge is 0.309 e. The van der Waals surface area contributed by atoms with Crippen molar-refractivity contribution in [3.8, 4) is 0 Å². The smallest absolute Gasteiger partial charge is 0.0278 e. The van der Waals surface area contributed by atoms with Crippen LogP contribution < -0.4 is 5.32 Å². The summed E-state index contributed by atoms with van der Waals surface area (Å²) in [7, 11) is 2.25. The highest BCUT2D eigenvalue weighted by atomic mass is 15.2. The van der Waals surface area contributed by atoms with E-state index in [1.165, 1.54) is 58.4 Å². The van der Waals surface area contributed by atoms with Crippen molar-refractivity contribution in [2.45, 2.75) is 45.1 Å². The lowest BCUT2D eigenvalue weighted by Crippen LogP contribution is -2.58. The van der Waals surface area contributed by atoms with Gasteiger partial charge in [-0.15, -0.1) is 0 Å². The maximum absolute atomic E-state index is 3.67. The van der Waals surface area contributed by atoms with E-state index in [1.807, 2.05) is 0 Å². The van der Waals surface area contributed by atoms with Crippen LogP contribution in [0, 0.1) is 5.92 Å². The van der Waals surface area contributed by atoms with Crippen LogP contribution in [0.5, 0.6) is 0 Å². The minimum absolute atomic E-state index is 0.352. The summed E-state index contributed by atoms with van der Waals surface area (Å²) in [4.78, 5) is 5.15. The third-order valence-corrected chi connectivity index (χ3v) is 5.02. The molecule has 0 spiro atoms. The first-order chi connectivity index (χ1) is 8.61. The van der Waals surface area contributed by atoms with Gasteiger partial charge in [0, 0.05) is 25.2 Å². The number of hydrogen-bond acceptors (Lipinski definition) is 3. The van der Waals surface area contributed by atoms with Gasteiger partial charge in [0.2, 0.25) is 0 Å². The predicted molar refractivity (Wildman–Crippen MR) is 78.0 cm³/mol. The molecule has 1 unspecified atom stereocenters. The summed E-state index contributed by atoms with van der Waals surface area (Å²) in [6.45, 7) is 12.2. The Morgan fingerprint density at radius 2 is 1.94 bits per heavy atom. The summed E-state index contributed by atoms with van der Waals surface area (Å²) in [5.74, 6) is 0.976. The van der Waals surface area contributed by atoms with Crippen molar-refractivity contribution in [3.05, 3.63) is 0 Å². The van der Waals surface area contributed by atoms with Crippen molar-refractivity contribution >= 4 is 0 Å². The summed E-state index contributed by atoms with van der Waals surface area (Å²) in [6, 6.07) is 0. The molecule has 0 bridgehead atoms. The Kier molecular flexibility index (Phi) is 5.05. The van der Waals surface area contributed by atoms with Crippen LogP contribution in [-0.4, -0.2) is 61.7 Å². The van der Waals surface area contributed by atoms with Crippen LogP contribution in [0.2, 0.25) is 0 Å². The van der Waals surface area contributed by atoms with Gasteiger partial charge in [-0.05, 0) is 65.2 Å². The number of nitrogens with one attached hydrogen (secondary N) is 1. The molecule has 2 saturated heterocycles. The van der Waals surface area contributed by atoms with Gasteiger partial charge in [-0.2, -0.15) is 0 Å². The van der Waals surface area contributed by atoms with E-state index in [1.54, 1.807) is 0 Å². The molecule has 2 heterocycles. The molecule has 2 aliphatic rings. The summed E-state index contributed by atoms with van der Waals surface area (Å²) in [5, 5.41) is 3.67. The second-order valence-electron chi connectivity index (χ2n) is 6.65. The van der Waals surface area contributed by atoms with E-state index in [9.17, 15) is 0 Å². The Hall–Kier alpha value is -0.120. The Morgan fingerprint density at radius 3 is 2.61 bits per heavy atom. The van der Waals surface area contributed by atoms with E-state index in [0.717, 1.165) is 12.5 Å². The number of piperazine rings is 1. The molecule has 0 aromatic carbocycles. The fourth-order valence-corrected chi connectivity index (χ4v) is 3.29. The third kappa shape index (κ3) is 3.94. The number of rotatable bonds is 4. The average molecular weight is 253 g/mol. The standard InChI is InChI=1S/C15H31N3/c1-4-15(2)13-18(12-8-16-15)11-7-14-5-9-17(3)10-6-14/h14,16H,4-13H2,1-3H3. The van der Waals surface area contributed by atoms with Gasteiger partial charge < -0.3 is 15.1 Å². The normalized spacial score (nSPS) is 32.8. The maximum Gasteiger partial charge on any atom is 0.0278 e.